The van der Waals surface area contributed by atoms with Crippen LogP contribution in [0.3, 0.4) is 0 Å². The van der Waals surface area contributed by atoms with Gasteiger partial charge in [-0.3, -0.25) is 19.3 Å². The predicted octanol–water partition coefficient (Wildman–Crippen LogP) is 2.45. The van der Waals surface area contributed by atoms with Gasteiger partial charge in [-0.25, -0.2) is 8.78 Å². The number of hydrogen-bond acceptors (Lipinski definition) is 6. The molecular weight excluding hydrogens is 440 g/mol. The first kappa shape index (κ1) is 22.8. The molecule has 0 spiro atoms. The number of aromatic nitrogens is 1. The number of nitrogens with one attached hydrogen (secondary N) is 1. The highest BCUT2D eigenvalue weighted by molar-refractivity contribution is 7.09. The number of hydrogen-bond donors (Lipinski definition) is 3. The smallest absolute Gasteiger partial charge is 0.272 e. The quantitative estimate of drug-likeness (QED) is 0.499. The van der Waals surface area contributed by atoms with Crippen molar-refractivity contribution >= 4 is 40.6 Å². The lowest BCUT2D eigenvalue weighted by Crippen LogP contribution is -2.48. The van der Waals surface area contributed by atoms with Crippen molar-refractivity contribution in [2.45, 2.75) is 19.5 Å². The van der Waals surface area contributed by atoms with Crippen LogP contribution in [-0.2, 0) is 11.3 Å². The van der Waals surface area contributed by atoms with Crippen molar-refractivity contribution in [1.29, 1.82) is 0 Å². The van der Waals surface area contributed by atoms with Gasteiger partial charge in [-0.2, -0.15) is 4.37 Å². The van der Waals surface area contributed by atoms with Crippen LogP contribution in [0.1, 0.15) is 32.6 Å². The topological polar surface area (TPSA) is 131 Å². The number of nitrogens with two attached hydrogens (primary N) is 2. The molecule has 5 N–H and O–H groups in total. The molecule has 0 radical (unpaired) electrons. The SMILES string of the molecule is C[C@H](C(=O)NCc1ccc(F)cc1)N(C(=O)c1snc(C(N)=O)c1N)c1ccccc1F. The van der Waals surface area contributed by atoms with E-state index in [0.717, 1.165) is 11.0 Å². The molecule has 32 heavy (non-hydrogen) atoms. The molecule has 0 aliphatic carbocycles. The largest absolute Gasteiger partial charge is 0.395 e. The second-order valence-corrected chi connectivity index (χ2v) is 7.56. The van der Waals surface area contributed by atoms with Crippen LogP contribution in [0, 0.1) is 11.6 Å². The number of halogens is 2. The third-order valence-corrected chi connectivity index (χ3v) is 5.48. The fraction of sp³-hybridized carbons (Fsp3) is 0.143. The first-order chi connectivity index (χ1) is 15.2. The summed E-state index contributed by atoms with van der Waals surface area (Å²) in [5, 5.41) is 2.64. The van der Waals surface area contributed by atoms with E-state index in [1.54, 1.807) is 0 Å². The number of anilines is 2. The fourth-order valence-corrected chi connectivity index (χ4v) is 3.68. The van der Waals surface area contributed by atoms with E-state index in [9.17, 15) is 23.2 Å². The van der Waals surface area contributed by atoms with Gasteiger partial charge in [0.15, 0.2) is 5.69 Å². The zero-order chi connectivity index (χ0) is 23.4. The second kappa shape index (κ2) is 9.52. The standard InChI is InChI=1S/C21H19F2N5O3S/c1-11(20(30)26-10-12-6-8-13(22)9-7-12)28(15-5-3-2-4-14(15)23)21(31)18-16(24)17(19(25)29)27-32-18/h2-9,11H,10,24H2,1H3,(H2,25,29)(H,26,30)/t11-/m1/s1. The highest BCUT2D eigenvalue weighted by atomic mass is 32.1. The Hall–Kier alpha value is -3.86. The Morgan fingerprint density at radius 2 is 1.78 bits per heavy atom. The van der Waals surface area contributed by atoms with Gasteiger partial charge < -0.3 is 16.8 Å². The molecule has 2 aromatic carbocycles. The second-order valence-electron chi connectivity index (χ2n) is 6.79. The van der Waals surface area contributed by atoms with Crippen molar-refractivity contribution in [2.24, 2.45) is 5.73 Å². The molecule has 3 amide bonds. The number of carbonyl (C=O) groups excluding carboxylic acids is 3. The zero-order valence-electron chi connectivity index (χ0n) is 16.8. The molecule has 0 unspecified atom stereocenters. The van der Waals surface area contributed by atoms with E-state index in [0.29, 0.717) is 17.1 Å². The maximum atomic E-state index is 14.6. The van der Waals surface area contributed by atoms with Crippen LogP contribution in [0.25, 0.3) is 0 Å². The molecule has 1 atom stereocenters. The number of benzene rings is 2. The van der Waals surface area contributed by atoms with Crippen LogP contribution in [0.5, 0.6) is 0 Å². The summed E-state index contributed by atoms with van der Waals surface area (Å²) in [7, 11) is 0. The van der Waals surface area contributed by atoms with E-state index in [-0.39, 0.29) is 28.5 Å². The van der Waals surface area contributed by atoms with Gasteiger partial charge in [0, 0.05) is 6.54 Å². The Balaban J connectivity index is 1.91. The van der Waals surface area contributed by atoms with Gasteiger partial charge in [0.25, 0.3) is 11.8 Å². The van der Waals surface area contributed by atoms with Crippen LogP contribution in [0.2, 0.25) is 0 Å². The Kier molecular flexibility index (Phi) is 6.79. The maximum absolute atomic E-state index is 14.6. The van der Waals surface area contributed by atoms with E-state index in [1.807, 2.05) is 0 Å². The normalized spacial score (nSPS) is 11.6. The number of carbonyl (C=O) groups is 3. The van der Waals surface area contributed by atoms with Gasteiger partial charge >= 0.3 is 0 Å². The lowest BCUT2D eigenvalue weighted by Gasteiger charge is -2.28. The molecule has 3 aromatic rings. The molecule has 166 valence electrons. The van der Waals surface area contributed by atoms with Crippen molar-refractivity contribution < 1.29 is 23.2 Å². The minimum Gasteiger partial charge on any atom is -0.395 e. The van der Waals surface area contributed by atoms with Gasteiger partial charge in [0.1, 0.15) is 22.6 Å². The van der Waals surface area contributed by atoms with Crippen molar-refractivity contribution in [3.63, 3.8) is 0 Å². The third kappa shape index (κ3) is 4.72. The molecule has 8 nitrogen and oxygen atoms in total. The number of nitrogens with zero attached hydrogens (tertiary/aromatic N) is 2. The van der Waals surface area contributed by atoms with Gasteiger partial charge in [-0.05, 0) is 48.3 Å². The van der Waals surface area contributed by atoms with Crippen LogP contribution >= 0.6 is 11.5 Å². The number of para-hydroxylation sites is 1. The fourth-order valence-electron chi connectivity index (χ4n) is 2.94. The molecule has 1 heterocycles. The minimum atomic E-state index is -1.17. The Bertz CT molecular complexity index is 1170. The number of amides is 3. The van der Waals surface area contributed by atoms with Gasteiger partial charge in [0.05, 0.1) is 11.4 Å². The molecule has 0 saturated carbocycles. The first-order valence-electron chi connectivity index (χ1n) is 9.36. The number of rotatable bonds is 7. The number of nitrogen functional groups attached to an aromatic ring is 1. The van der Waals surface area contributed by atoms with E-state index < -0.39 is 35.4 Å². The summed E-state index contributed by atoms with van der Waals surface area (Å²) in [6.45, 7) is 1.48. The molecule has 0 saturated heterocycles. The first-order valence-corrected chi connectivity index (χ1v) is 10.1. The summed E-state index contributed by atoms with van der Waals surface area (Å²) in [6.07, 6.45) is 0. The maximum Gasteiger partial charge on any atom is 0.272 e. The highest BCUT2D eigenvalue weighted by Gasteiger charge is 2.33. The zero-order valence-corrected chi connectivity index (χ0v) is 17.7. The van der Waals surface area contributed by atoms with Crippen LogP contribution in [0.15, 0.2) is 48.5 Å². The van der Waals surface area contributed by atoms with Crippen molar-refractivity contribution in [3.8, 4) is 0 Å². The summed E-state index contributed by atoms with van der Waals surface area (Å²) in [6, 6.07) is 9.77. The molecule has 0 aliphatic rings. The molecule has 3 rings (SSSR count). The van der Waals surface area contributed by atoms with Crippen molar-refractivity contribution in [2.75, 3.05) is 10.6 Å². The van der Waals surface area contributed by atoms with Crippen LogP contribution < -0.4 is 21.7 Å². The average molecular weight is 459 g/mol. The Morgan fingerprint density at radius 3 is 2.38 bits per heavy atom. The highest BCUT2D eigenvalue weighted by Crippen LogP contribution is 2.29. The van der Waals surface area contributed by atoms with E-state index in [2.05, 4.69) is 9.69 Å². The van der Waals surface area contributed by atoms with Crippen LogP contribution in [0.4, 0.5) is 20.2 Å². The van der Waals surface area contributed by atoms with Gasteiger partial charge in [0.2, 0.25) is 5.91 Å². The van der Waals surface area contributed by atoms with E-state index in [4.69, 9.17) is 11.5 Å². The Morgan fingerprint density at radius 1 is 1.12 bits per heavy atom. The Labute approximate surface area is 186 Å². The third-order valence-electron chi connectivity index (χ3n) is 4.63. The van der Waals surface area contributed by atoms with E-state index in [1.165, 1.54) is 49.4 Å². The molecule has 0 aliphatic heterocycles. The lowest BCUT2D eigenvalue weighted by atomic mass is 10.1. The summed E-state index contributed by atoms with van der Waals surface area (Å²) in [4.78, 5) is 38.3. The lowest BCUT2D eigenvalue weighted by molar-refractivity contribution is -0.122. The van der Waals surface area contributed by atoms with Crippen molar-refractivity contribution in [3.05, 3.63) is 76.3 Å². The summed E-state index contributed by atoms with van der Waals surface area (Å²) < 4.78 is 31.4. The molecule has 0 bridgehead atoms. The summed E-state index contributed by atoms with van der Waals surface area (Å²) in [5.41, 5.74) is 11.0. The number of primary amides is 1. The molecule has 0 fully saturated rings. The van der Waals surface area contributed by atoms with Gasteiger partial charge in [-0.15, -0.1) is 0 Å². The van der Waals surface area contributed by atoms with Gasteiger partial charge in [-0.1, -0.05) is 24.3 Å². The monoisotopic (exact) mass is 459 g/mol. The summed E-state index contributed by atoms with van der Waals surface area (Å²) >= 11 is 0.625. The molecular formula is C21H19F2N5O3S. The van der Waals surface area contributed by atoms with Crippen LogP contribution in [-0.4, -0.2) is 28.1 Å². The summed E-state index contributed by atoms with van der Waals surface area (Å²) in [5.74, 6) is -3.48. The molecule has 11 heteroatoms. The molecule has 1 aromatic heterocycles. The minimum absolute atomic E-state index is 0.0667. The predicted molar refractivity (Wildman–Crippen MR) is 116 cm³/mol. The van der Waals surface area contributed by atoms with E-state index >= 15 is 0 Å². The average Bonchev–Trinajstić information content (AvgIpc) is 3.16. The van der Waals surface area contributed by atoms with Crippen molar-refractivity contribution in [1.82, 2.24) is 9.69 Å².